The van der Waals surface area contributed by atoms with Crippen LogP contribution < -0.4 is 4.72 Å². The van der Waals surface area contributed by atoms with Crippen molar-refractivity contribution >= 4 is 20.9 Å². The van der Waals surface area contributed by atoms with Crippen molar-refractivity contribution in [3.05, 3.63) is 65.9 Å². The quantitative estimate of drug-likeness (QED) is 0.628. The van der Waals surface area contributed by atoms with Crippen LogP contribution in [0.4, 0.5) is 0 Å². The van der Waals surface area contributed by atoms with Crippen molar-refractivity contribution in [3.8, 4) is 0 Å². The molecule has 3 rings (SSSR count). The first-order valence-corrected chi connectivity index (χ1v) is 11.1. The number of rotatable bonds is 8. The summed E-state index contributed by atoms with van der Waals surface area (Å²) in [5.41, 5.74) is 3.41. The van der Waals surface area contributed by atoms with Gasteiger partial charge in [0.05, 0.1) is 4.90 Å². The molecular formula is C22H29N3O2S. The van der Waals surface area contributed by atoms with Crippen LogP contribution >= 0.6 is 0 Å². The summed E-state index contributed by atoms with van der Waals surface area (Å²) in [5, 5.41) is 1.15. The molecule has 1 aromatic heterocycles. The predicted octanol–water partition coefficient (Wildman–Crippen LogP) is 3.71. The van der Waals surface area contributed by atoms with Gasteiger partial charge in [-0.25, -0.2) is 13.1 Å². The molecule has 150 valence electrons. The zero-order valence-electron chi connectivity index (χ0n) is 17.0. The first kappa shape index (κ1) is 20.6. The number of fused-ring (bicyclic) bond motifs is 1. The second-order valence-corrected chi connectivity index (χ2v) is 9.20. The van der Waals surface area contributed by atoms with Gasteiger partial charge in [-0.2, -0.15) is 0 Å². The molecule has 0 bridgehead atoms. The fourth-order valence-electron chi connectivity index (χ4n) is 3.61. The Bertz CT molecular complexity index is 1040. The molecule has 1 unspecified atom stereocenters. The van der Waals surface area contributed by atoms with E-state index in [2.05, 4.69) is 39.4 Å². The molecule has 0 fully saturated rings. The lowest BCUT2D eigenvalue weighted by Crippen LogP contribution is -2.34. The maximum atomic E-state index is 12.8. The minimum atomic E-state index is -3.56. The van der Waals surface area contributed by atoms with Crippen molar-refractivity contribution in [2.24, 2.45) is 7.05 Å². The summed E-state index contributed by atoms with van der Waals surface area (Å²) in [7, 11) is 2.40. The van der Waals surface area contributed by atoms with E-state index >= 15 is 0 Å². The molecule has 0 saturated heterocycles. The summed E-state index contributed by atoms with van der Waals surface area (Å²) >= 11 is 0. The summed E-state index contributed by atoms with van der Waals surface area (Å²) in [4.78, 5) is 2.36. The molecular weight excluding hydrogens is 370 g/mol. The van der Waals surface area contributed by atoms with Crippen molar-refractivity contribution in [2.75, 3.05) is 20.6 Å². The van der Waals surface area contributed by atoms with Gasteiger partial charge in [-0.1, -0.05) is 43.7 Å². The average molecular weight is 400 g/mol. The van der Waals surface area contributed by atoms with Crippen molar-refractivity contribution in [1.82, 2.24) is 14.2 Å². The number of nitrogens with one attached hydrogen (secondary N) is 1. The van der Waals surface area contributed by atoms with E-state index < -0.39 is 10.0 Å². The standard InChI is InChI=1S/C22H29N3O2S/c1-5-8-17-11-13-18(14-12-17)28(26,27)23-15-22(24(2)3)20-16-25(4)21-10-7-6-9-19(20)21/h6-7,9-14,16,22-23H,5,8,15H2,1-4H3. The van der Waals surface area contributed by atoms with Gasteiger partial charge in [-0.05, 0) is 49.8 Å². The van der Waals surface area contributed by atoms with E-state index in [0.29, 0.717) is 11.4 Å². The zero-order chi connectivity index (χ0) is 20.3. The number of sulfonamides is 1. The highest BCUT2D eigenvalue weighted by molar-refractivity contribution is 7.89. The summed E-state index contributed by atoms with van der Waals surface area (Å²) < 4.78 is 30.5. The van der Waals surface area contributed by atoms with Crippen LogP contribution in [0.1, 0.15) is 30.5 Å². The van der Waals surface area contributed by atoms with E-state index in [0.717, 1.165) is 34.9 Å². The summed E-state index contributed by atoms with van der Waals surface area (Å²) in [6.45, 7) is 2.42. The molecule has 1 heterocycles. The maximum absolute atomic E-state index is 12.8. The smallest absolute Gasteiger partial charge is 0.240 e. The van der Waals surface area contributed by atoms with Gasteiger partial charge in [0.1, 0.15) is 0 Å². The van der Waals surface area contributed by atoms with Gasteiger partial charge in [0.25, 0.3) is 0 Å². The van der Waals surface area contributed by atoms with Gasteiger partial charge in [0.2, 0.25) is 10.0 Å². The van der Waals surface area contributed by atoms with E-state index in [-0.39, 0.29) is 6.04 Å². The van der Waals surface area contributed by atoms with Gasteiger partial charge in [-0.15, -0.1) is 0 Å². The van der Waals surface area contributed by atoms with Crippen LogP contribution in [0, 0.1) is 0 Å². The lowest BCUT2D eigenvalue weighted by molar-refractivity contribution is 0.301. The number of benzene rings is 2. The molecule has 0 aliphatic rings. The second-order valence-electron chi connectivity index (χ2n) is 7.44. The Morgan fingerprint density at radius 3 is 2.39 bits per heavy atom. The van der Waals surface area contributed by atoms with E-state index in [1.54, 1.807) is 12.1 Å². The van der Waals surface area contributed by atoms with Gasteiger partial charge < -0.3 is 9.47 Å². The highest BCUT2D eigenvalue weighted by Gasteiger charge is 2.22. The zero-order valence-corrected chi connectivity index (χ0v) is 17.8. The molecule has 28 heavy (non-hydrogen) atoms. The topological polar surface area (TPSA) is 54.3 Å². The molecule has 1 N–H and O–H groups in total. The number of para-hydroxylation sites is 1. The highest BCUT2D eigenvalue weighted by atomic mass is 32.2. The van der Waals surface area contributed by atoms with E-state index in [9.17, 15) is 8.42 Å². The fraction of sp³-hybridized carbons (Fsp3) is 0.364. The van der Waals surface area contributed by atoms with Crippen LogP contribution in [0.2, 0.25) is 0 Å². The Morgan fingerprint density at radius 2 is 1.75 bits per heavy atom. The minimum absolute atomic E-state index is 0.0692. The van der Waals surface area contributed by atoms with Crippen LogP contribution in [0.15, 0.2) is 59.6 Å². The van der Waals surface area contributed by atoms with Gasteiger partial charge in [-0.3, -0.25) is 0 Å². The Hall–Kier alpha value is -2.15. The molecule has 0 amide bonds. The molecule has 6 heteroatoms. The average Bonchev–Trinajstić information content (AvgIpc) is 2.99. The van der Waals surface area contributed by atoms with Crippen LogP contribution in [-0.2, 0) is 23.5 Å². The molecule has 0 saturated carbocycles. The van der Waals surface area contributed by atoms with E-state index in [1.807, 2.05) is 45.4 Å². The number of hydrogen-bond acceptors (Lipinski definition) is 3. The van der Waals surface area contributed by atoms with E-state index in [4.69, 9.17) is 0 Å². The molecule has 1 atom stereocenters. The second kappa shape index (κ2) is 8.47. The first-order chi connectivity index (χ1) is 13.3. The molecule has 0 aliphatic carbocycles. The Morgan fingerprint density at radius 1 is 1.07 bits per heavy atom. The largest absolute Gasteiger partial charge is 0.350 e. The number of aromatic nitrogens is 1. The molecule has 5 nitrogen and oxygen atoms in total. The predicted molar refractivity (Wildman–Crippen MR) is 115 cm³/mol. The summed E-state index contributed by atoms with van der Waals surface area (Å²) in [6, 6.07) is 15.3. The summed E-state index contributed by atoms with van der Waals surface area (Å²) in [6.07, 6.45) is 4.08. The number of hydrogen-bond donors (Lipinski definition) is 1. The lowest BCUT2D eigenvalue weighted by atomic mass is 10.1. The molecule has 0 radical (unpaired) electrons. The monoisotopic (exact) mass is 399 g/mol. The first-order valence-electron chi connectivity index (χ1n) is 9.62. The number of likely N-dealkylation sites (N-methyl/N-ethyl adjacent to an activating group) is 1. The minimum Gasteiger partial charge on any atom is -0.350 e. The third kappa shape index (κ3) is 4.29. The molecule has 2 aromatic carbocycles. The Balaban J connectivity index is 1.83. The van der Waals surface area contributed by atoms with Crippen molar-refractivity contribution in [2.45, 2.75) is 30.7 Å². The Labute approximate surface area is 168 Å². The van der Waals surface area contributed by atoms with Gasteiger partial charge in [0, 0.05) is 36.7 Å². The van der Waals surface area contributed by atoms with Crippen LogP contribution in [0.25, 0.3) is 10.9 Å². The molecule has 0 spiro atoms. The molecule has 0 aliphatic heterocycles. The highest BCUT2D eigenvalue weighted by Crippen LogP contribution is 2.28. The van der Waals surface area contributed by atoms with Crippen molar-refractivity contribution < 1.29 is 8.42 Å². The van der Waals surface area contributed by atoms with E-state index in [1.165, 1.54) is 0 Å². The van der Waals surface area contributed by atoms with Gasteiger partial charge in [0.15, 0.2) is 0 Å². The fourth-order valence-corrected chi connectivity index (χ4v) is 4.64. The van der Waals surface area contributed by atoms with Crippen LogP contribution in [0.3, 0.4) is 0 Å². The maximum Gasteiger partial charge on any atom is 0.240 e. The Kier molecular flexibility index (Phi) is 6.23. The van der Waals surface area contributed by atoms with Crippen LogP contribution in [0.5, 0.6) is 0 Å². The third-order valence-electron chi connectivity index (χ3n) is 5.15. The molecule has 3 aromatic rings. The number of nitrogens with zero attached hydrogens (tertiary/aromatic N) is 2. The SMILES string of the molecule is CCCc1ccc(S(=O)(=O)NCC(c2cn(C)c3ccccc23)N(C)C)cc1. The van der Waals surface area contributed by atoms with Gasteiger partial charge >= 0.3 is 0 Å². The van der Waals surface area contributed by atoms with Crippen molar-refractivity contribution in [1.29, 1.82) is 0 Å². The van der Waals surface area contributed by atoms with Crippen molar-refractivity contribution in [3.63, 3.8) is 0 Å². The normalized spacial score (nSPS) is 13.3. The third-order valence-corrected chi connectivity index (χ3v) is 6.59. The number of aryl methyl sites for hydroxylation is 2. The lowest BCUT2D eigenvalue weighted by Gasteiger charge is -2.24. The van der Waals surface area contributed by atoms with Crippen LogP contribution in [-0.4, -0.2) is 38.5 Å². The summed E-state index contributed by atoms with van der Waals surface area (Å²) in [5.74, 6) is 0.